The molecular weight excluding hydrogens is 218 g/mol. The Kier molecular flexibility index (Phi) is 3.33. The van der Waals surface area contributed by atoms with Gasteiger partial charge < -0.3 is 15.1 Å². The summed E-state index contributed by atoms with van der Waals surface area (Å²) in [5.41, 5.74) is 0.574. The quantitative estimate of drug-likeness (QED) is 0.828. The Hall–Kier alpha value is -1.55. The lowest BCUT2D eigenvalue weighted by molar-refractivity contribution is 0.0265. The number of phenols is 1. The summed E-state index contributed by atoms with van der Waals surface area (Å²) in [4.78, 5) is 13.7. The second-order valence-electron chi connectivity index (χ2n) is 4.72. The van der Waals surface area contributed by atoms with Gasteiger partial charge in [-0.3, -0.25) is 4.79 Å². The van der Waals surface area contributed by atoms with Crippen molar-refractivity contribution in [3.8, 4) is 5.75 Å². The van der Waals surface area contributed by atoms with Gasteiger partial charge in [0.15, 0.2) is 0 Å². The number of carbonyl (C=O) groups excluding carboxylic acids is 1. The Balaban J connectivity index is 1.92. The van der Waals surface area contributed by atoms with E-state index in [1.54, 1.807) is 24.1 Å². The molecule has 0 spiro atoms. The van der Waals surface area contributed by atoms with Gasteiger partial charge >= 0.3 is 0 Å². The minimum Gasteiger partial charge on any atom is -0.508 e. The van der Waals surface area contributed by atoms with Gasteiger partial charge in [0.25, 0.3) is 5.91 Å². The third-order valence-corrected chi connectivity index (χ3v) is 3.20. The second kappa shape index (κ2) is 4.75. The van der Waals surface area contributed by atoms with E-state index in [-0.39, 0.29) is 17.8 Å². The molecule has 2 N–H and O–H groups in total. The van der Waals surface area contributed by atoms with Crippen LogP contribution >= 0.6 is 0 Å². The van der Waals surface area contributed by atoms with E-state index in [4.69, 9.17) is 5.11 Å². The fourth-order valence-corrected chi connectivity index (χ4v) is 2.14. The number of rotatable bonds is 3. The van der Waals surface area contributed by atoms with Crippen molar-refractivity contribution in [1.29, 1.82) is 0 Å². The zero-order valence-corrected chi connectivity index (χ0v) is 9.84. The largest absolute Gasteiger partial charge is 0.508 e. The molecule has 0 aromatic heterocycles. The monoisotopic (exact) mass is 235 g/mol. The Morgan fingerprint density at radius 2 is 1.94 bits per heavy atom. The zero-order valence-electron chi connectivity index (χ0n) is 9.84. The number of amides is 1. The lowest BCUT2D eigenvalue weighted by atomic mass is 9.82. The van der Waals surface area contributed by atoms with Crippen molar-refractivity contribution < 1.29 is 15.0 Å². The van der Waals surface area contributed by atoms with Crippen LogP contribution in [0.2, 0.25) is 0 Å². The van der Waals surface area contributed by atoms with E-state index in [9.17, 15) is 9.90 Å². The number of carbonyl (C=O) groups is 1. The molecule has 0 bridgehead atoms. The molecule has 1 aromatic rings. The van der Waals surface area contributed by atoms with Gasteiger partial charge in [-0.15, -0.1) is 0 Å². The molecule has 2 rings (SSSR count). The van der Waals surface area contributed by atoms with Gasteiger partial charge in [0.1, 0.15) is 5.75 Å². The second-order valence-corrected chi connectivity index (χ2v) is 4.72. The smallest absolute Gasteiger partial charge is 0.253 e. The van der Waals surface area contributed by atoms with Gasteiger partial charge in [-0.05, 0) is 43.0 Å². The van der Waals surface area contributed by atoms with Crippen LogP contribution in [-0.2, 0) is 0 Å². The highest BCUT2D eigenvalue weighted by Gasteiger charge is 2.29. The minimum absolute atomic E-state index is 0.0496. The summed E-state index contributed by atoms with van der Waals surface area (Å²) in [6.45, 7) is 0.677. The number of benzene rings is 1. The molecule has 0 unspecified atom stereocenters. The first-order chi connectivity index (χ1) is 8.06. The standard InChI is InChI=1S/C13H17NO3/c1-14(8-9-6-12(16)7-9)13(17)10-2-4-11(15)5-3-10/h2-5,9,12,15-16H,6-8H2,1H3. The first-order valence-electron chi connectivity index (χ1n) is 5.79. The van der Waals surface area contributed by atoms with Crippen LogP contribution in [0.5, 0.6) is 5.75 Å². The average Bonchev–Trinajstić information content (AvgIpc) is 2.27. The fourth-order valence-electron chi connectivity index (χ4n) is 2.14. The van der Waals surface area contributed by atoms with Crippen molar-refractivity contribution >= 4 is 5.91 Å². The van der Waals surface area contributed by atoms with E-state index >= 15 is 0 Å². The van der Waals surface area contributed by atoms with Gasteiger partial charge in [-0.2, -0.15) is 0 Å². The molecule has 0 aliphatic heterocycles. The average molecular weight is 235 g/mol. The topological polar surface area (TPSA) is 60.8 Å². The van der Waals surface area contributed by atoms with Crippen molar-refractivity contribution in [3.63, 3.8) is 0 Å². The van der Waals surface area contributed by atoms with Crippen molar-refractivity contribution in [1.82, 2.24) is 4.90 Å². The summed E-state index contributed by atoms with van der Waals surface area (Å²) < 4.78 is 0. The van der Waals surface area contributed by atoms with E-state index in [1.165, 1.54) is 12.1 Å². The zero-order chi connectivity index (χ0) is 12.4. The molecule has 0 saturated heterocycles. The summed E-state index contributed by atoms with van der Waals surface area (Å²) >= 11 is 0. The molecule has 0 atom stereocenters. The van der Waals surface area contributed by atoms with E-state index in [0.717, 1.165) is 12.8 Å². The Morgan fingerprint density at radius 3 is 2.47 bits per heavy atom. The van der Waals surface area contributed by atoms with Crippen molar-refractivity contribution in [2.75, 3.05) is 13.6 Å². The van der Waals surface area contributed by atoms with Crippen molar-refractivity contribution in [2.45, 2.75) is 18.9 Å². The number of aliphatic hydroxyl groups excluding tert-OH is 1. The number of aliphatic hydroxyl groups is 1. The lowest BCUT2D eigenvalue weighted by Gasteiger charge is -2.34. The molecule has 17 heavy (non-hydrogen) atoms. The van der Waals surface area contributed by atoms with Crippen LogP contribution in [0.4, 0.5) is 0 Å². The molecule has 92 valence electrons. The molecule has 1 aliphatic carbocycles. The van der Waals surface area contributed by atoms with Gasteiger partial charge in [0.2, 0.25) is 0 Å². The van der Waals surface area contributed by atoms with Crippen LogP contribution < -0.4 is 0 Å². The minimum atomic E-state index is -0.183. The van der Waals surface area contributed by atoms with Crippen molar-refractivity contribution in [3.05, 3.63) is 29.8 Å². The molecular formula is C13H17NO3. The van der Waals surface area contributed by atoms with Gasteiger partial charge in [0, 0.05) is 19.2 Å². The number of hydrogen-bond donors (Lipinski definition) is 2. The van der Waals surface area contributed by atoms with Crippen LogP contribution in [0.3, 0.4) is 0 Å². The van der Waals surface area contributed by atoms with E-state index in [1.807, 2.05) is 0 Å². The number of phenolic OH excluding ortho intramolecular Hbond substituents is 1. The highest BCUT2D eigenvalue weighted by molar-refractivity contribution is 5.94. The predicted octanol–water partition coefficient (Wildman–Crippen LogP) is 1.24. The highest BCUT2D eigenvalue weighted by Crippen LogP contribution is 2.27. The SMILES string of the molecule is CN(CC1CC(O)C1)C(=O)c1ccc(O)cc1. The maximum absolute atomic E-state index is 12.0. The Labute approximate surface area is 100 Å². The van der Waals surface area contributed by atoms with Crippen molar-refractivity contribution in [2.24, 2.45) is 5.92 Å². The molecule has 0 heterocycles. The number of hydrogen-bond acceptors (Lipinski definition) is 3. The lowest BCUT2D eigenvalue weighted by Crippen LogP contribution is -2.39. The van der Waals surface area contributed by atoms with Gasteiger partial charge in [-0.25, -0.2) is 0 Å². The molecule has 1 aromatic carbocycles. The van der Waals surface area contributed by atoms with Crippen LogP contribution in [0.15, 0.2) is 24.3 Å². The molecule has 0 radical (unpaired) electrons. The van der Waals surface area contributed by atoms with Crippen LogP contribution in [-0.4, -0.2) is 40.7 Å². The van der Waals surface area contributed by atoms with Crippen LogP contribution in [0, 0.1) is 5.92 Å². The Morgan fingerprint density at radius 1 is 1.35 bits per heavy atom. The normalized spacial score (nSPS) is 22.9. The first kappa shape index (κ1) is 11.9. The summed E-state index contributed by atoms with van der Waals surface area (Å²) in [5, 5.41) is 18.3. The van der Waals surface area contributed by atoms with Gasteiger partial charge in [-0.1, -0.05) is 0 Å². The number of nitrogens with zero attached hydrogens (tertiary/aromatic N) is 1. The van der Waals surface area contributed by atoms with Crippen LogP contribution in [0.25, 0.3) is 0 Å². The summed E-state index contributed by atoms with van der Waals surface area (Å²) in [6, 6.07) is 6.25. The van der Waals surface area contributed by atoms with Crippen LogP contribution in [0.1, 0.15) is 23.2 Å². The van der Waals surface area contributed by atoms with E-state index in [0.29, 0.717) is 18.0 Å². The fraction of sp³-hybridized carbons (Fsp3) is 0.462. The maximum atomic E-state index is 12.0. The first-order valence-corrected chi connectivity index (χ1v) is 5.79. The third-order valence-electron chi connectivity index (χ3n) is 3.20. The van der Waals surface area contributed by atoms with Gasteiger partial charge in [0.05, 0.1) is 6.10 Å². The molecule has 4 nitrogen and oxygen atoms in total. The predicted molar refractivity (Wildman–Crippen MR) is 63.8 cm³/mol. The summed E-state index contributed by atoms with van der Waals surface area (Å²) in [5.74, 6) is 0.522. The highest BCUT2D eigenvalue weighted by atomic mass is 16.3. The summed E-state index contributed by atoms with van der Waals surface area (Å²) in [6.07, 6.45) is 1.39. The summed E-state index contributed by atoms with van der Waals surface area (Å²) in [7, 11) is 1.76. The molecule has 1 fully saturated rings. The molecule has 4 heteroatoms. The van der Waals surface area contributed by atoms with E-state index < -0.39 is 0 Å². The third kappa shape index (κ3) is 2.77. The molecule has 1 amide bonds. The van der Waals surface area contributed by atoms with E-state index in [2.05, 4.69) is 0 Å². The molecule has 1 saturated carbocycles. The maximum Gasteiger partial charge on any atom is 0.253 e. The Bertz CT molecular complexity index is 396. The number of aromatic hydroxyl groups is 1. The molecule has 1 aliphatic rings.